The third-order valence-electron chi connectivity index (χ3n) is 2.29. The maximum Gasteiger partial charge on any atom is 0.104 e. The molecule has 1 rings (SSSR count). The Morgan fingerprint density at radius 3 is 2.57 bits per heavy atom. The quantitative estimate of drug-likeness (QED) is 0.484. The van der Waals surface area contributed by atoms with Crippen LogP contribution in [0, 0.1) is 11.3 Å². The number of hydrogen-bond acceptors (Lipinski definition) is 3. The summed E-state index contributed by atoms with van der Waals surface area (Å²) in [4.78, 5) is 0. The fraction of sp³-hybridized carbons (Fsp3) is 0.455. The fourth-order valence-corrected chi connectivity index (χ4v) is 1.44. The van der Waals surface area contributed by atoms with Crippen molar-refractivity contribution >= 4 is 11.4 Å². The molecule has 3 N–H and O–H groups in total. The van der Waals surface area contributed by atoms with Gasteiger partial charge in [-0.05, 0) is 24.5 Å². The van der Waals surface area contributed by atoms with Gasteiger partial charge in [-0.3, -0.25) is 0 Å². The minimum atomic E-state index is 0.438. The summed E-state index contributed by atoms with van der Waals surface area (Å²) in [6.45, 7) is 6.28. The predicted octanol–water partition coefficient (Wildman–Crippen LogP) is 2.25. The molecule has 0 unspecified atom stereocenters. The number of rotatable bonds is 1. The predicted molar refractivity (Wildman–Crippen MR) is 60.6 cm³/mol. The number of nitrogens with two attached hydrogens (primary N) is 1. The van der Waals surface area contributed by atoms with Crippen molar-refractivity contribution in [1.82, 2.24) is 0 Å². The molecule has 0 spiro atoms. The molecule has 0 aliphatic heterocycles. The molecule has 0 heterocycles. The van der Waals surface area contributed by atoms with E-state index < -0.39 is 0 Å². The third-order valence-corrected chi connectivity index (χ3v) is 2.29. The summed E-state index contributed by atoms with van der Waals surface area (Å²) in [5.41, 5.74) is 3.47. The highest BCUT2D eigenvalue weighted by atomic mass is 15.1. The first-order chi connectivity index (χ1) is 6.54. The van der Waals surface area contributed by atoms with Gasteiger partial charge in [0.1, 0.15) is 5.71 Å². The Labute approximate surface area is 84.9 Å². The minimum absolute atomic E-state index is 0.438. The van der Waals surface area contributed by atoms with Crippen molar-refractivity contribution in [2.24, 2.45) is 16.9 Å². The van der Waals surface area contributed by atoms with Gasteiger partial charge in [0.25, 0.3) is 0 Å². The van der Waals surface area contributed by atoms with E-state index >= 15 is 0 Å². The van der Waals surface area contributed by atoms with Gasteiger partial charge >= 0.3 is 0 Å². The zero-order valence-electron chi connectivity index (χ0n) is 8.96. The standard InChI is InChI=1S/C11H17N3/c1-7(2)9-4-8(3)5-10(12)11(6-9)14-13/h4,6-7,12H,5,13H2,1-3H3. The highest BCUT2D eigenvalue weighted by molar-refractivity contribution is 6.46. The highest BCUT2D eigenvalue weighted by Gasteiger charge is 2.12. The molecule has 14 heavy (non-hydrogen) atoms. The number of allylic oxidation sites excluding steroid dienone is 4. The number of nitrogens with zero attached hydrogens (tertiary/aromatic N) is 1. The Balaban J connectivity index is 3.12. The van der Waals surface area contributed by atoms with E-state index in [1.54, 1.807) is 0 Å². The van der Waals surface area contributed by atoms with Crippen LogP contribution in [-0.4, -0.2) is 11.4 Å². The molecule has 0 radical (unpaired) electrons. The van der Waals surface area contributed by atoms with E-state index in [9.17, 15) is 0 Å². The summed E-state index contributed by atoms with van der Waals surface area (Å²) in [7, 11) is 0. The molecule has 0 amide bonds. The Hall–Kier alpha value is -1.38. The van der Waals surface area contributed by atoms with E-state index in [4.69, 9.17) is 11.3 Å². The molecule has 3 nitrogen and oxygen atoms in total. The average Bonchev–Trinajstić information content (AvgIpc) is 2.23. The Morgan fingerprint density at radius 1 is 1.43 bits per heavy atom. The topological polar surface area (TPSA) is 62.2 Å². The molecule has 0 saturated heterocycles. The molecule has 0 bridgehead atoms. The van der Waals surface area contributed by atoms with Gasteiger partial charge in [0.05, 0.1) is 5.71 Å². The van der Waals surface area contributed by atoms with Gasteiger partial charge < -0.3 is 11.3 Å². The lowest BCUT2D eigenvalue weighted by molar-refractivity contribution is 0.791. The van der Waals surface area contributed by atoms with E-state index in [2.05, 4.69) is 25.0 Å². The van der Waals surface area contributed by atoms with Crippen LogP contribution in [0.3, 0.4) is 0 Å². The zero-order chi connectivity index (χ0) is 10.7. The van der Waals surface area contributed by atoms with Crippen molar-refractivity contribution < 1.29 is 0 Å². The first kappa shape index (κ1) is 10.7. The average molecular weight is 191 g/mol. The van der Waals surface area contributed by atoms with Crippen LogP contribution in [0.5, 0.6) is 0 Å². The molecule has 0 aromatic heterocycles. The summed E-state index contributed by atoms with van der Waals surface area (Å²) >= 11 is 0. The van der Waals surface area contributed by atoms with Gasteiger partial charge in [-0.2, -0.15) is 5.10 Å². The van der Waals surface area contributed by atoms with E-state index in [0.29, 0.717) is 23.8 Å². The van der Waals surface area contributed by atoms with Crippen molar-refractivity contribution in [1.29, 1.82) is 5.41 Å². The van der Waals surface area contributed by atoms with Gasteiger partial charge in [-0.15, -0.1) is 0 Å². The van der Waals surface area contributed by atoms with Crippen LogP contribution in [0.4, 0.5) is 0 Å². The Bertz CT molecular complexity index is 332. The van der Waals surface area contributed by atoms with Crippen LogP contribution in [0.15, 0.2) is 28.4 Å². The van der Waals surface area contributed by atoms with Crippen LogP contribution >= 0.6 is 0 Å². The molecular weight excluding hydrogens is 174 g/mol. The van der Waals surface area contributed by atoms with Crippen molar-refractivity contribution in [3.63, 3.8) is 0 Å². The van der Waals surface area contributed by atoms with E-state index in [1.807, 2.05) is 13.0 Å². The Morgan fingerprint density at radius 2 is 2.07 bits per heavy atom. The summed E-state index contributed by atoms with van der Waals surface area (Å²) in [5, 5.41) is 11.4. The van der Waals surface area contributed by atoms with E-state index in [-0.39, 0.29) is 0 Å². The van der Waals surface area contributed by atoms with Crippen LogP contribution in [0.25, 0.3) is 0 Å². The Kier molecular flexibility index (Phi) is 3.23. The summed E-state index contributed by atoms with van der Waals surface area (Å²) in [5.74, 6) is 5.69. The zero-order valence-corrected chi connectivity index (χ0v) is 8.96. The second-order valence-electron chi connectivity index (χ2n) is 3.96. The largest absolute Gasteiger partial charge is 0.323 e. The molecule has 0 saturated carbocycles. The molecule has 1 aliphatic rings. The van der Waals surface area contributed by atoms with Crippen LogP contribution in [0.2, 0.25) is 0 Å². The molecule has 0 aromatic rings. The normalized spacial score (nSPS) is 20.9. The van der Waals surface area contributed by atoms with Gasteiger partial charge in [-0.1, -0.05) is 25.5 Å². The fourth-order valence-electron chi connectivity index (χ4n) is 1.44. The van der Waals surface area contributed by atoms with Crippen molar-refractivity contribution in [2.75, 3.05) is 0 Å². The number of hydrogen-bond donors (Lipinski definition) is 2. The molecule has 0 atom stereocenters. The second kappa shape index (κ2) is 4.22. The molecule has 76 valence electrons. The molecule has 3 heteroatoms. The van der Waals surface area contributed by atoms with Crippen molar-refractivity contribution in [3.05, 3.63) is 23.3 Å². The summed E-state index contributed by atoms with van der Waals surface area (Å²) in [6.07, 6.45) is 4.67. The van der Waals surface area contributed by atoms with Gasteiger partial charge in [0.15, 0.2) is 0 Å². The first-order valence-electron chi connectivity index (χ1n) is 4.79. The molecule has 0 fully saturated rings. The van der Waals surface area contributed by atoms with Crippen LogP contribution < -0.4 is 5.84 Å². The lowest BCUT2D eigenvalue weighted by Crippen LogP contribution is -2.12. The minimum Gasteiger partial charge on any atom is -0.323 e. The second-order valence-corrected chi connectivity index (χ2v) is 3.96. The maximum atomic E-state index is 7.75. The molecular formula is C11H17N3. The van der Waals surface area contributed by atoms with Gasteiger partial charge in [0, 0.05) is 6.42 Å². The summed E-state index contributed by atoms with van der Waals surface area (Å²) in [6, 6.07) is 0. The maximum absolute atomic E-state index is 7.75. The monoisotopic (exact) mass is 191 g/mol. The molecule has 1 aliphatic carbocycles. The van der Waals surface area contributed by atoms with Gasteiger partial charge in [0.2, 0.25) is 0 Å². The lowest BCUT2D eigenvalue weighted by atomic mass is 10.0. The van der Waals surface area contributed by atoms with Crippen molar-refractivity contribution in [3.8, 4) is 0 Å². The SMILES string of the molecule is CC1=CC(C(C)C)=CC(=NN)C(=N)C1. The van der Waals surface area contributed by atoms with Crippen molar-refractivity contribution in [2.45, 2.75) is 27.2 Å². The van der Waals surface area contributed by atoms with E-state index in [1.165, 1.54) is 11.1 Å². The van der Waals surface area contributed by atoms with Crippen LogP contribution in [-0.2, 0) is 0 Å². The summed E-state index contributed by atoms with van der Waals surface area (Å²) < 4.78 is 0. The van der Waals surface area contributed by atoms with E-state index in [0.717, 1.165) is 0 Å². The smallest absolute Gasteiger partial charge is 0.104 e. The first-order valence-corrected chi connectivity index (χ1v) is 4.79. The molecule has 0 aromatic carbocycles. The number of nitrogens with one attached hydrogen (secondary N) is 1. The van der Waals surface area contributed by atoms with Crippen LogP contribution in [0.1, 0.15) is 27.2 Å². The lowest BCUT2D eigenvalue weighted by Gasteiger charge is -2.05. The van der Waals surface area contributed by atoms with Gasteiger partial charge in [-0.25, -0.2) is 0 Å². The highest BCUT2D eigenvalue weighted by Crippen LogP contribution is 2.19. The number of hydrazone groups is 1. The third kappa shape index (κ3) is 2.31.